The molecule has 3 N–H and O–H groups in total. The summed E-state index contributed by atoms with van der Waals surface area (Å²) >= 11 is 0. The number of hydrazine groups is 1. The Balaban J connectivity index is 2.70. The van der Waals surface area contributed by atoms with Crippen molar-refractivity contribution in [3.05, 3.63) is 35.1 Å². The number of aryl methyl sites for hydroxylation is 1. The zero-order valence-corrected chi connectivity index (χ0v) is 11.5. The smallest absolute Gasteiger partial charge is 0.123 e. The lowest BCUT2D eigenvalue weighted by molar-refractivity contribution is 0.282. The Hall–Kier alpha value is -0.970. The van der Waals surface area contributed by atoms with E-state index >= 15 is 0 Å². The molecule has 102 valence electrons. The average Bonchev–Trinajstić information content (AvgIpc) is 2.33. The lowest BCUT2D eigenvalue weighted by Gasteiger charge is -2.22. The number of nitrogens with two attached hydrogens (primary N) is 1. The molecule has 0 aliphatic rings. The molecule has 0 aliphatic carbocycles. The zero-order chi connectivity index (χ0) is 13.5. The molecule has 0 heterocycles. The normalized spacial score (nSPS) is 13.0. The van der Waals surface area contributed by atoms with Gasteiger partial charge in [0.05, 0.1) is 0 Å². The van der Waals surface area contributed by atoms with Crippen molar-refractivity contribution in [2.45, 2.75) is 33.2 Å². The van der Waals surface area contributed by atoms with E-state index in [9.17, 15) is 4.39 Å². The van der Waals surface area contributed by atoms with Crippen molar-refractivity contribution in [1.29, 1.82) is 0 Å². The van der Waals surface area contributed by atoms with Crippen LogP contribution in [0.5, 0.6) is 0 Å². The fourth-order valence-electron chi connectivity index (χ4n) is 2.16. The Kier molecular flexibility index (Phi) is 6.25. The largest absolute Gasteiger partial charge is 0.304 e. The van der Waals surface area contributed by atoms with Crippen LogP contribution in [0.1, 0.15) is 37.4 Å². The van der Waals surface area contributed by atoms with Gasteiger partial charge in [0.25, 0.3) is 0 Å². The number of rotatable bonds is 7. The molecule has 0 bridgehead atoms. The number of hydrogen-bond acceptors (Lipinski definition) is 3. The topological polar surface area (TPSA) is 41.3 Å². The van der Waals surface area contributed by atoms with E-state index in [0.717, 1.165) is 37.2 Å². The highest BCUT2D eigenvalue weighted by Gasteiger charge is 2.12. The van der Waals surface area contributed by atoms with Gasteiger partial charge in [-0.15, -0.1) is 0 Å². The molecule has 0 fully saturated rings. The second kappa shape index (κ2) is 7.46. The fourth-order valence-corrected chi connectivity index (χ4v) is 2.16. The van der Waals surface area contributed by atoms with Gasteiger partial charge in [0.15, 0.2) is 0 Å². The van der Waals surface area contributed by atoms with E-state index in [4.69, 9.17) is 5.84 Å². The van der Waals surface area contributed by atoms with E-state index in [1.54, 1.807) is 6.07 Å². The van der Waals surface area contributed by atoms with Crippen LogP contribution in [0.25, 0.3) is 0 Å². The van der Waals surface area contributed by atoms with Gasteiger partial charge in [-0.2, -0.15) is 0 Å². The van der Waals surface area contributed by atoms with E-state index in [1.807, 2.05) is 13.0 Å². The van der Waals surface area contributed by atoms with E-state index in [-0.39, 0.29) is 11.9 Å². The van der Waals surface area contributed by atoms with Gasteiger partial charge < -0.3 is 4.90 Å². The SMILES string of the molecule is CCN(CC)CCC(NN)c1cc(C)cc(F)c1. The summed E-state index contributed by atoms with van der Waals surface area (Å²) in [6.45, 7) is 9.18. The van der Waals surface area contributed by atoms with E-state index in [2.05, 4.69) is 24.2 Å². The Bertz CT molecular complexity index is 344. The first-order chi connectivity index (χ1) is 8.60. The minimum atomic E-state index is -0.201. The van der Waals surface area contributed by atoms with Crippen molar-refractivity contribution in [2.75, 3.05) is 19.6 Å². The first-order valence-electron chi connectivity index (χ1n) is 6.56. The van der Waals surface area contributed by atoms with Crippen molar-refractivity contribution in [1.82, 2.24) is 10.3 Å². The van der Waals surface area contributed by atoms with Crippen LogP contribution in [0.2, 0.25) is 0 Å². The summed E-state index contributed by atoms with van der Waals surface area (Å²) in [5.41, 5.74) is 4.63. The van der Waals surface area contributed by atoms with Crippen LogP contribution >= 0.6 is 0 Å². The lowest BCUT2D eigenvalue weighted by Crippen LogP contribution is -2.32. The molecule has 1 unspecified atom stereocenters. The summed E-state index contributed by atoms with van der Waals surface area (Å²) in [4.78, 5) is 2.33. The van der Waals surface area contributed by atoms with Crippen LogP contribution in [0.15, 0.2) is 18.2 Å². The minimum absolute atomic E-state index is 0.000000000000000222. The summed E-state index contributed by atoms with van der Waals surface area (Å²) in [5, 5.41) is 0. The number of nitrogens with zero attached hydrogens (tertiary/aromatic N) is 1. The van der Waals surface area contributed by atoms with Gasteiger partial charge >= 0.3 is 0 Å². The van der Waals surface area contributed by atoms with Crippen molar-refractivity contribution < 1.29 is 4.39 Å². The average molecular weight is 253 g/mol. The van der Waals surface area contributed by atoms with Gasteiger partial charge in [0.2, 0.25) is 0 Å². The molecule has 3 nitrogen and oxygen atoms in total. The molecule has 0 spiro atoms. The molecule has 0 aliphatic heterocycles. The van der Waals surface area contributed by atoms with E-state index < -0.39 is 0 Å². The second-order valence-corrected chi connectivity index (χ2v) is 4.60. The summed E-state index contributed by atoms with van der Waals surface area (Å²) in [7, 11) is 0. The maximum Gasteiger partial charge on any atom is 0.123 e. The van der Waals surface area contributed by atoms with Gasteiger partial charge in [0, 0.05) is 6.04 Å². The fraction of sp³-hybridized carbons (Fsp3) is 0.571. The van der Waals surface area contributed by atoms with Crippen LogP contribution in [0.4, 0.5) is 4.39 Å². The second-order valence-electron chi connectivity index (χ2n) is 4.60. The van der Waals surface area contributed by atoms with Crippen LogP contribution in [-0.4, -0.2) is 24.5 Å². The zero-order valence-electron chi connectivity index (χ0n) is 11.5. The monoisotopic (exact) mass is 253 g/mol. The van der Waals surface area contributed by atoms with E-state index in [0.29, 0.717) is 0 Å². The number of hydrogen-bond donors (Lipinski definition) is 2. The minimum Gasteiger partial charge on any atom is -0.304 e. The molecule has 1 atom stereocenters. The lowest BCUT2D eigenvalue weighted by atomic mass is 10.0. The first-order valence-corrected chi connectivity index (χ1v) is 6.56. The summed E-state index contributed by atoms with van der Waals surface area (Å²) in [6, 6.07) is 5.07. The number of benzene rings is 1. The summed E-state index contributed by atoms with van der Waals surface area (Å²) in [5.74, 6) is 5.38. The standard InChI is InChI=1S/C14H24FN3/c1-4-18(5-2)7-6-14(17-16)12-8-11(3)9-13(15)10-12/h8-10,14,17H,4-7,16H2,1-3H3. The summed E-state index contributed by atoms with van der Waals surface area (Å²) in [6.07, 6.45) is 0.876. The molecule has 1 aromatic carbocycles. The highest BCUT2D eigenvalue weighted by atomic mass is 19.1. The molecule has 0 amide bonds. The third kappa shape index (κ3) is 4.37. The molecule has 18 heavy (non-hydrogen) atoms. The Morgan fingerprint density at radius 1 is 1.28 bits per heavy atom. The molecule has 4 heteroatoms. The molecule has 1 aromatic rings. The third-order valence-electron chi connectivity index (χ3n) is 3.30. The Labute approximate surface area is 109 Å². The maximum atomic E-state index is 13.4. The van der Waals surface area contributed by atoms with Gasteiger partial charge in [-0.25, -0.2) is 4.39 Å². The van der Waals surface area contributed by atoms with Crippen LogP contribution in [0, 0.1) is 12.7 Å². The third-order valence-corrected chi connectivity index (χ3v) is 3.30. The Morgan fingerprint density at radius 3 is 2.44 bits per heavy atom. The first kappa shape index (κ1) is 15.1. The van der Waals surface area contributed by atoms with Gasteiger partial charge in [-0.1, -0.05) is 19.9 Å². The predicted molar refractivity (Wildman–Crippen MR) is 73.6 cm³/mol. The van der Waals surface area contributed by atoms with Crippen LogP contribution in [0.3, 0.4) is 0 Å². The molecular formula is C14H24FN3. The van der Waals surface area contributed by atoms with Crippen molar-refractivity contribution >= 4 is 0 Å². The quantitative estimate of drug-likeness (QED) is 0.579. The van der Waals surface area contributed by atoms with Gasteiger partial charge in [0.1, 0.15) is 5.82 Å². The van der Waals surface area contributed by atoms with Gasteiger partial charge in [-0.3, -0.25) is 11.3 Å². The maximum absolute atomic E-state index is 13.4. The molecule has 0 aromatic heterocycles. The molecular weight excluding hydrogens is 229 g/mol. The van der Waals surface area contributed by atoms with Crippen LogP contribution in [-0.2, 0) is 0 Å². The Morgan fingerprint density at radius 2 is 1.94 bits per heavy atom. The van der Waals surface area contributed by atoms with E-state index in [1.165, 1.54) is 6.07 Å². The molecule has 1 rings (SSSR count). The van der Waals surface area contributed by atoms with Crippen LogP contribution < -0.4 is 11.3 Å². The molecule has 0 radical (unpaired) electrons. The summed E-state index contributed by atoms with van der Waals surface area (Å²) < 4.78 is 13.4. The molecule has 0 saturated heterocycles. The number of halogens is 1. The molecule has 0 saturated carbocycles. The highest BCUT2D eigenvalue weighted by Crippen LogP contribution is 2.19. The number of nitrogens with one attached hydrogen (secondary N) is 1. The van der Waals surface area contributed by atoms with Crippen molar-refractivity contribution in [2.24, 2.45) is 5.84 Å². The predicted octanol–water partition coefficient (Wildman–Crippen LogP) is 2.37. The van der Waals surface area contributed by atoms with Crippen molar-refractivity contribution in [3.8, 4) is 0 Å². The van der Waals surface area contributed by atoms with Crippen molar-refractivity contribution in [3.63, 3.8) is 0 Å². The highest BCUT2D eigenvalue weighted by molar-refractivity contribution is 5.26. The van der Waals surface area contributed by atoms with Gasteiger partial charge in [-0.05, 0) is 56.2 Å².